The maximum absolute atomic E-state index is 10.7. The predicted molar refractivity (Wildman–Crippen MR) is 50.9 cm³/mol. The van der Waals surface area contributed by atoms with E-state index in [0.717, 1.165) is 11.1 Å². The first-order valence-corrected chi connectivity index (χ1v) is 3.83. The van der Waals surface area contributed by atoms with Crippen LogP contribution in [0.4, 0.5) is 0 Å². The van der Waals surface area contributed by atoms with Crippen LogP contribution in [0.2, 0.25) is 0 Å². The van der Waals surface area contributed by atoms with Gasteiger partial charge in [-0.25, -0.2) is 0 Å². The lowest BCUT2D eigenvalue weighted by molar-refractivity contribution is -0.139. The van der Waals surface area contributed by atoms with Crippen molar-refractivity contribution in [2.75, 3.05) is 0 Å². The zero-order valence-electron chi connectivity index (χ0n) is 6.86. The van der Waals surface area contributed by atoms with Crippen LogP contribution in [0.5, 0.6) is 0 Å². The van der Waals surface area contributed by atoms with Crippen molar-refractivity contribution in [2.24, 2.45) is 0 Å². The smallest absolute Gasteiger partial charge is 0.325 e. The van der Waals surface area contributed by atoms with Crippen LogP contribution in [0.25, 0.3) is 0 Å². The van der Waals surface area contributed by atoms with Gasteiger partial charge in [0.15, 0.2) is 0 Å². The highest BCUT2D eigenvalue weighted by Gasteiger charge is 2.26. The van der Waals surface area contributed by atoms with Gasteiger partial charge in [0.25, 0.3) is 0 Å². The molecule has 13 heavy (non-hydrogen) atoms. The van der Waals surface area contributed by atoms with Gasteiger partial charge < -0.3 is 5.11 Å². The second-order valence-corrected chi connectivity index (χ2v) is 2.85. The van der Waals surface area contributed by atoms with Gasteiger partial charge >= 0.3 is 5.97 Å². The molecule has 0 saturated carbocycles. The van der Waals surface area contributed by atoms with E-state index in [4.69, 9.17) is 5.11 Å². The van der Waals surface area contributed by atoms with Crippen LogP contribution in [0, 0.1) is 0 Å². The van der Waals surface area contributed by atoms with Gasteiger partial charge in [0.05, 0.1) is 0 Å². The first-order valence-electron chi connectivity index (χ1n) is 3.83. The molecule has 70 valence electrons. The molecule has 0 radical (unpaired) electrons. The third-order valence-electron chi connectivity index (χ3n) is 2.11. The number of fused-ring (bicyclic) bond motifs is 1. The summed E-state index contributed by atoms with van der Waals surface area (Å²) in [6, 6.07) is 7.08. The molecule has 2 rings (SSSR count). The van der Waals surface area contributed by atoms with Crippen LogP contribution < -0.4 is 5.32 Å². The summed E-state index contributed by atoms with van der Waals surface area (Å²) in [5.74, 6) is -0.806. The molecule has 0 aliphatic carbocycles. The third-order valence-corrected chi connectivity index (χ3v) is 2.11. The quantitative estimate of drug-likeness (QED) is 0.718. The van der Waals surface area contributed by atoms with E-state index in [1.165, 1.54) is 0 Å². The van der Waals surface area contributed by atoms with Gasteiger partial charge in [-0.1, -0.05) is 24.3 Å². The minimum Gasteiger partial charge on any atom is -0.480 e. The number of carboxylic acid groups (broad SMARTS) is 1. The van der Waals surface area contributed by atoms with Crippen molar-refractivity contribution in [3.05, 3.63) is 35.4 Å². The number of carbonyl (C=O) groups is 1. The lowest BCUT2D eigenvalue weighted by Crippen LogP contribution is -2.21. The molecule has 0 amide bonds. The fourth-order valence-electron chi connectivity index (χ4n) is 1.52. The summed E-state index contributed by atoms with van der Waals surface area (Å²) in [7, 11) is 0. The summed E-state index contributed by atoms with van der Waals surface area (Å²) in [5, 5.41) is 11.7. The van der Waals surface area contributed by atoms with Gasteiger partial charge in [0.2, 0.25) is 0 Å². The number of hydrogen-bond acceptors (Lipinski definition) is 2. The van der Waals surface area contributed by atoms with E-state index in [1.807, 2.05) is 24.3 Å². The largest absolute Gasteiger partial charge is 0.480 e. The predicted octanol–water partition coefficient (Wildman–Crippen LogP) is 1.34. The van der Waals surface area contributed by atoms with Gasteiger partial charge in [-0.2, -0.15) is 0 Å². The Kier molecular flexibility index (Phi) is 2.90. The van der Waals surface area contributed by atoms with Crippen LogP contribution in [0.15, 0.2) is 24.3 Å². The Morgan fingerprint density at radius 1 is 1.46 bits per heavy atom. The molecule has 1 heterocycles. The zero-order valence-corrected chi connectivity index (χ0v) is 7.67. The summed E-state index contributed by atoms with van der Waals surface area (Å²) in [6.45, 7) is 0.660. The Balaban J connectivity index is 0.000000845. The highest BCUT2D eigenvalue weighted by Crippen LogP contribution is 2.24. The van der Waals surface area contributed by atoms with Crippen LogP contribution in [0.1, 0.15) is 17.2 Å². The molecule has 1 aromatic rings. The minimum absolute atomic E-state index is 0. The van der Waals surface area contributed by atoms with Gasteiger partial charge in [-0.3, -0.25) is 10.1 Å². The number of rotatable bonds is 1. The van der Waals surface area contributed by atoms with Gasteiger partial charge in [-0.05, 0) is 11.1 Å². The molecule has 1 aliphatic heterocycles. The number of nitrogens with one attached hydrogen (secondary N) is 1. The number of carboxylic acids is 1. The summed E-state index contributed by atoms with van der Waals surface area (Å²) in [5.41, 5.74) is 1.98. The monoisotopic (exact) mass is 199 g/mol. The van der Waals surface area contributed by atoms with Crippen molar-refractivity contribution in [3.63, 3.8) is 0 Å². The maximum Gasteiger partial charge on any atom is 0.325 e. The number of aliphatic carboxylic acids is 1. The van der Waals surface area contributed by atoms with Crippen molar-refractivity contribution < 1.29 is 9.90 Å². The Bertz CT molecular complexity index is 327. The van der Waals surface area contributed by atoms with Crippen molar-refractivity contribution in [2.45, 2.75) is 12.6 Å². The fraction of sp³-hybridized carbons (Fsp3) is 0.222. The van der Waals surface area contributed by atoms with Crippen LogP contribution in [0.3, 0.4) is 0 Å². The number of benzene rings is 1. The van der Waals surface area contributed by atoms with Crippen LogP contribution in [-0.2, 0) is 11.3 Å². The van der Waals surface area contributed by atoms with E-state index in [-0.39, 0.29) is 12.4 Å². The Morgan fingerprint density at radius 3 is 2.85 bits per heavy atom. The second kappa shape index (κ2) is 3.77. The first-order chi connectivity index (χ1) is 5.79. The van der Waals surface area contributed by atoms with E-state index in [9.17, 15) is 4.79 Å². The maximum atomic E-state index is 10.7. The molecule has 0 bridgehead atoms. The topological polar surface area (TPSA) is 49.3 Å². The summed E-state index contributed by atoms with van der Waals surface area (Å²) < 4.78 is 0. The van der Waals surface area contributed by atoms with Gasteiger partial charge in [0.1, 0.15) is 6.04 Å². The minimum atomic E-state index is -0.806. The molecule has 1 atom stereocenters. The van der Waals surface area contributed by atoms with Crippen molar-refractivity contribution in [1.82, 2.24) is 5.32 Å². The van der Waals surface area contributed by atoms with Gasteiger partial charge in [0, 0.05) is 6.54 Å². The van der Waals surface area contributed by atoms with Crippen LogP contribution >= 0.6 is 12.4 Å². The molecule has 0 saturated heterocycles. The van der Waals surface area contributed by atoms with Crippen molar-refractivity contribution in [1.29, 1.82) is 0 Å². The lowest BCUT2D eigenvalue weighted by Gasteiger charge is -2.04. The van der Waals surface area contributed by atoms with E-state index >= 15 is 0 Å². The van der Waals surface area contributed by atoms with Crippen molar-refractivity contribution in [3.8, 4) is 0 Å². The fourth-order valence-corrected chi connectivity index (χ4v) is 1.52. The van der Waals surface area contributed by atoms with Crippen molar-refractivity contribution >= 4 is 18.4 Å². The molecule has 2 N–H and O–H groups in total. The van der Waals surface area contributed by atoms with E-state index in [1.54, 1.807) is 0 Å². The summed E-state index contributed by atoms with van der Waals surface area (Å²) in [4.78, 5) is 10.7. The average molecular weight is 200 g/mol. The third kappa shape index (κ3) is 1.66. The van der Waals surface area contributed by atoms with E-state index in [2.05, 4.69) is 5.32 Å². The molecule has 0 unspecified atom stereocenters. The Hall–Kier alpha value is -1.06. The SMILES string of the molecule is Cl.O=C(O)[C@@H]1NCc2ccccc21. The highest BCUT2D eigenvalue weighted by molar-refractivity contribution is 5.85. The van der Waals surface area contributed by atoms with E-state index in [0.29, 0.717) is 6.54 Å². The molecule has 0 spiro atoms. The summed E-state index contributed by atoms with van der Waals surface area (Å²) in [6.07, 6.45) is 0. The molecule has 3 nitrogen and oxygen atoms in total. The van der Waals surface area contributed by atoms with Gasteiger partial charge in [-0.15, -0.1) is 12.4 Å². The standard InChI is InChI=1S/C9H9NO2.ClH/c11-9(12)8-7-4-2-1-3-6(7)5-10-8;/h1-4,8,10H,5H2,(H,11,12);1H/t8-;/m1./s1. The molecule has 0 aromatic heterocycles. The molecular formula is C9H10ClNO2. The number of hydrogen-bond donors (Lipinski definition) is 2. The molecule has 1 aromatic carbocycles. The summed E-state index contributed by atoms with van der Waals surface area (Å²) >= 11 is 0. The molecule has 1 aliphatic rings. The number of halogens is 1. The molecular weight excluding hydrogens is 190 g/mol. The van der Waals surface area contributed by atoms with E-state index < -0.39 is 12.0 Å². The molecule has 4 heteroatoms. The first kappa shape index (κ1) is 10.0. The van der Waals surface area contributed by atoms with Crippen LogP contribution in [-0.4, -0.2) is 11.1 Å². The highest BCUT2D eigenvalue weighted by atomic mass is 35.5. The Labute approximate surface area is 82.2 Å². The normalized spacial score (nSPS) is 18.9. The average Bonchev–Trinajstić information content (AvgIpc) is 2.47. The lowest BCUT2D eigenvalue weighted by atomic mass is 10.1. The second-order valence-electron chi connectivity index (χ2n) is 2.85. The molecule has 0 fully saturated rings. The zero-order chi connectivity index (χ0) is 8.55. The Morgan fingerprint density at radius 2 is 2.15 bits per heavy atom.